The van der Waals surface area contributed by atoms with Crippen molar-refractivity contribution in [3.63, 3.8) is 0 Å². The molecule has 1 heterocycles. The van der Waals surface area contributed by atoms with Gasteiger partial charge in [0.05, 0.1) is 18.9 Å². The highest BCUT2D eigenvalue weighted by Crippen LogP contribution is 2.32. The normalized spacial score (nSPS) is 10.4. The number of ether oxygens (including phenoxy) is 1. The molecule has 16 heavy (non-hydrogen) atoms. The smallest absolute Gasteiger partial charge is 0.145 e. The van der Waals surface area contributed by atoms with Gasteiger partial charge in [-0.2, -0.15) is 0 Å². The second kappa shape index (κ2) is 3.89. The van der Waals surface area contributed by atoms with Crippen LogP contribution in [0.25, 0.3) is 11.4 Å². The first-order valence-electron chi connectivity index (χ1n) is 5.06. The monoisotopic (exact) mass is 217 g/mol. The van der Waals surface area contributed by atoms with Gasteiger partial charge in [0.15, 0.2) is 0 Å². The molecule has 0 radical (unpaired) electrons. The zero-order valence-electron chi connectivity index (χ0n) is 9.69. The van der Waals surface area contributed by atoms with Gasteiger partial charge in [-0.15, -0.1) is 0 Å². The number of anilines is 1. The number of benzene rings is 1. The Bertz CT molecular complexity index is 517. The second-order valence-corrected chi connectivity index (χ2v) is 3.72. The molecule has 84 valence electrons. The van der Waals surface area contributed by atoms with Crippen LogP contribution in [0.5, 0.6) is 5.75 Å². The van der Waals surface area contributed by atoms with E-state index in [2.05, 4.69) is 4.98 Å². The fourth-order valence-corrected chi connectivity index (χ4v) is 1.77. The summed E-state index contributed by atoms with van der Waals surface area (Å²) in [5, 5.41) is 0. The van der Waals surface area contributed by atoms with Crippen molar-refractivity contribution < 1.29 is 4.74 Å². The van der Waals surface area contributed by atoms with E-state index in [0.717, 1.165) is 22.7 Å². The Morgan fingerprint density at radius 1 is 1.38 bits per heavy atom. The first-order chi connectivity index (χ1) is 7.65. The van der Waals surface area contributed by atoms with E-state index in [4.69, 9.17) is 10.5 Å². The van der Waals surface area contributed by atoms with Crippen molar-refractivity contribution in [2.75, 3.05) is 12.8 Å². The minimum atomic E-state index is 0.638. The topological polar surface area (TPSA) is 53.1 Å². The predicted octanol–water partition coefficient (Wildman–Crippen LogP) is 1.99. The Morgan fingerprint density at radius 3 is 2.69 bits per heavy atom. The van der Waals surface area contributed by atoms with E-state index in [1.165, 1.54) is 0 Å². The third kappa shape index (κ3) is 1.52. The van der Waals surface area contributed by atoms with Gasteiger partial charge < -0.3 is 15.0 Å². The Hall–Kier alpha value is -1.97. The molecule has 1 aromatic heterocycles. The molecule has 0 aliphatic heterocycles. The molecule has 0 atom stereocenters. The molecule has 0 spiro atoms. The van der Waals surface area contributed by atoms with Crippen LogP contribution in [0.3, 0.4) is 0 Å². The summed E-state index contributed by atoms with van der Waals surface area (Å²) in [6, 6.07) is 5.97. The zero-order valence-corrected chi connectivity index (χ0v) is 9.69. The van der Waals surface area contributed by atoms with Crippen molar-refractivity contribution in [3.8, 4) is 17.1 Å². The van der Waals surface area contributed by atoms with E-state index in [1.807, 2.05) is 36.7 Å². The molecule has 0 aliphatic carbocycles. The lowest BCUT2D eigenvalue weighted by atomic mass is 10.1. The quantitative estimate of drug-likeness (QED) is 0.836. The van der Waals surface area contributed by atoms with Crippen LogP contribution in [0.1, 0.15) is 5.56 Å². The lowest BCUT2D eigenvalue weighted by Gasteiger charge is -2.11. The Kier molecular flexibility index (Phi) is 2.56. The maximum atomic E-state index is 5.77. The van der Waals surface area contributed by atoms with Gasteiger partial charge in [0.2, 0.25) is 0 Å². The van der Waals surface area contributed by atoms with E-state index in [0.29, 0.717) is 5.82 Å². The number of hydrogen-bond acceptors (Lipinski definition) is 3. The van der Waals surface area contributed by atoms with Crippen molar-refractivity contribution in [3.05, 3.63) is 30.0 Å². The number of hydrogen-bond donors (Lipinski definition) is 1. The number of para-hydroxylation sites is 1. The number of aryl methyl sites for hydroxylation is 1. The number of aromatic nitrogens is 2. The van der Waals surface area contributed by atoms with E-state index >= 15 is 0 Å². The van der Waals surface area contributed by atoms with Crippen LogP contribution in [0.15, 0.2) is 24.4 Å². The summed E-state index contributed by atoms with van der Waals surface area (Å²) in [5.41, 5.74) is 7.81. The minimum absolute atomic E-state index is 0.638. The predicted molar refractivity (Wildman–Crippen MR) is 64.3 cm³/mol. The number of rotatable bonds is 2. The molecule has 0 unspecified atom stereocenters. The average Bonchev–Trinajstić information content (AvgIpc) is 2.59. The molecule has 0 fully saturated rings. The molecular formula is C12H15N3O. The first kappa shape index (κ1) is 10.5. The third-order valence-corrected chi connectivity index (χ3v) is 2.68. The van der Waals surface area contributed by atoms with Crippen LogP contribution < -0.4 is 10.5 Å². The fourth-order valence-electron chi connectivity index (χ4n) is 1.77. The molecule has 2 N–H and O–H groups in total. The van der Waals surface area contributed by atoms with E-state index in [9.17, 15) is 0 Å². The van der Waals surface area contributed by atoms with Gasteiger partial charge in [0, 0.05) is 7.05 Å². The van der Waals surface area contributed by atoms with Gasteiger partial charge in [-0.25, -0.2) is 4.98 Å². The number of methoxy groups -OCH3 is 1. The van der Waals surface area contributed by atoms with Crippen LogP contribution in [0.2, 0.25) is 0 Å². The summed E-state index contributed by atoms with van der Waals surface area (Å²) >= 11 is 0. The SMILES string of the molecule is COc1c(C)cccc1-c1ncc(N)n1C. The third-order valence-electron chi connectivity index (χ3n) is 2.68. The van der Waals surface area contributed by atoms with Gasteiger partial charge >= 0.3 is 0 Å². The summed E-state index contributed by atoms with van der Waals surface area (Å²) in [5.74, 6) is 2.30. The van der Waals surface area contributed by atoms with Crippen molar-refractivity contribution in [1.29, 1.82) is 0 Å². The highest BCUT2D eigenvalue weighted by atomic mass is 16.5. The van der Waals surface area contributed by atoms with Crippen molar-refractivity contribution >= 4 is 5.82 Å². The van der Waals surface area contributed by atoms with Crippen molar-refractivity contribution in [1.82, 2.24) is 9.55 Å². The Labute approximate surface area is 94.7 Å². The highest BCUT2D eigenvalue weighted by molar-refractivity contribution is 5.68. The van der Waals surface area contributed by atoms with E-state index in [1.54, 1.807) is 13.3 Å². The lowest BCUT2D eigenvalue weighted by molar-refractivity contribution is 0.413. The number of nitrogen functional groups attached to an aromatic ring is 1. The fraction of sp³-hybridized carbons (Fsp3) is 0.250. The second-order valence-electron chi connectivity index (χ2n) is 3.72. The standard InChI is InChI=1S/C12H15N3O/c1-8-5-4-6-9(11(8)16-3)12-14-7-10(13)15(12)2/h4-7H,13H2,1-3H3. The molecule has 1 aromatic carbocycles. The van der Waals surface area contributed by atoms with Gasteiger partial charge in [0.25, 0.3) is 0 Å². The van der Waals surface area contributed by atoms with Gasteiger partial charge in [-0.1, -0.05) is 12.1 Å². The number of nitrogens with two attached hydrogens (primary N) is 1. The molecular weight excluding hydrogens is 202 g/mol. The molecule has 0 saturated carbocycles. The molecule has 0 saturated heterocycles. The van der Waals surface area contributed by atoms with Crippen LogP contribution >= 0.6 is 0 Å². The Balaban J connectivity index is 2.64. The molecule has 4 nitrogen and oxygen atoms in total. The van der Waals surface area contributed by atoms with Gasteiger partial charge in [-0.05, 0) is 18.6 Å². The summed E-state index contributed by atoms with van der Waals surface area (Å²) in [6.45, 7) is 2.01. The summed E-state index contributed by atoms with van der Waals surface area (Å²) in [4.78, 5) is 4.29. The average molecular weight is 217 g/mol. The largest absolute Gasteiger partial charge is 0.496 e. The maximum Gasteiger partial charge on any atom is 0.145 e. The van der Waals surface area contributed by atoms with E-state index in [-0.39, 0.29) is 0 Å². The van der Waals surface area contributed by atoms with Crippen LogP contribution in [-0.2, 0) is 7.05 Å². The molecule has 2 aromatic rings. The van der Waals surface area contributed by atoms with Crippen LogP contribution in [0.4, 0.5) is 5.82 Å². The molecule has 4 heteroatoms. The molecule has 0 aliphatic rings. The zero-order chi connectivity index (χ0) is 11.7. The minimum Gasteiger partial charge on any atom is -0.496 e. The maximum absolute atomic E-state index is 5.77. The van der Waals surface area contributed by atoms with Crippen molar-refractivity contribution in [2.24, 2.45) is 7.05 Å². The number of imidazole rings is 1. The highest BCUT2D eigenvalue weighted by Gasteiger charge is 2.13. The summed E-state index contributed by atoms with van der Waals surface area (Å²) < 4.78 is 7.25. The Morgan fingerprint density at radius 2 is 2.12 bits per heavy atom. The van der Waals surface area contributed by atoms with Gasteiger partial charge in [-0.3, -0.25) is 0 Å². The number of nitrogens with zero attached hydrogens (tertiary/aromatic N) is 2. The summed E-state index contributed by atoms with van der Waals surface area (Å²) in [7, 11) is 3.55. The molecule has 2 rings (SSSR count). The lowest BCUT2D eigenvalue weighted by Crippen LogP contribution is -2.00. The molecule has 0 bridgehead atoms. The van der Waals surface area contributed by atoms with E-state index < -0.39 is 0 Å². The molecule has 0 amide bonds. The van der Waals surface area contributed by atoms with Crippen LogP contribution in [0, 0.1) is 6.92 Å². The van der Waals surface area contributed by atoms with Crippen LogP contribution in [-0.4, -0.2) is 16.7 Å². The van der Waals surface area contributed by atoms with Gasteiger partial charge in [0.1, 0.15) is 17.4 Å². The van der Waals surface area contributed by atoms with Crippen molar-refractivity contribution in [2.45, 2.75) is 6.92 Å². The first-order valence-corrected chi connectivity index (χ1v) is 5.06. The summed E-state index contributed by atoms with van der Waals surface area (Å²) in [6.07, 6.45) is 1.65.